The number of halogens is 2. The summed E-state index contributed by atoms with van der Waals surface area (Å²) in [6.07, 6.45) is 0. The summed E-state index contributed by atoms with van der Waals surface area (Å²) in [5, 5.41) is 12.7. The lowest BCUT2D eigenvalue weighted by molar-refractivity contribution is 0.239. The van der Waals surface area contributed by atoms with E-state index in [4.69, 9.17) is 22.0 Å². The van der Waals surface area contributed by atoms with Gasteiger partial charge >= 0.3 is 6.03 Å². The van der Waals surface area contributed by atoms with Crippen molar-refractivity contribution in [2.45, 2.75) is 13.1 Å². The Kier molecular flexibility index (Phi) is 6.18. The number of aromatic nitrogens is 2. The van der Waals surface area contributed by atoms with Gasteiger partial charge in [-0.3, -0.25) is 0 Å². The van der Waals surface area contributed by atoms with Crippen LogP contribution in [0, 0.1) is 5.82 Å². The third-order valence-electron chi connectivity index (χ3n) is 3.66. The topological polar surface area (TPSA) is 118 Å². The van der Waals surface area contributed by atoms with E-state index in [0.29, 0.717) is 17.9 Å². The number of rotatable bonds is 6. The van der Waals surface area contributed by atoms with Crippen LogP contribution in [0.15, 0.2) is 58.2 Å². The number of aliphatic imine (C=N–C) groups is 1. The monoisotopic (exact) mass is 402 g/mol. The molecule has 0 atom stereocenters. The summed E-state index contributed by atoms with van der Waals surface area (Å²) in [6.45, 7) is 0.408. The minimum Gasteiger partial charge on any atom is -0.382 e. The molecule has 0 aliphatic carbocycles. The summed E-state index contributed by atoms with van der Waals surface area (Å²) in [4.78, 5) is 16.1. The number of nitrogens with two attached hydrogens (primary N) is 1. The van der Waals surface area contributed by atoms with Crippen LogP contribution in [0.5, 0.6) is 0 Å². The third-order valence-corrected chi connectivity index (χ3v) is 3.95. The average Bonchev–Trinajstić information content (AvgIpc) is 3.17. The molecule has 8 nitrogen and oxygen atoms in total. The molecule has 0 radical (unpaired) electrons. The molecular weight excluding hydrogens is 387 g/mol. The molecule has 0 unspecified atom stereocenters. The molecule has 10 heteroatoms. The Morgan fingerprint density at radius 3 is 2.64 bits per heavy atom. The van der Waals surface area contributed by atoms with Gasteiger partial charge < -0.3 is 16.4 Å². The maximum Gasteiger partial charge on any atom is 0.315 e. The Morgan fingerprint density at radius 1 is 1.14 bits per heavy atom. The highest BCUT2D eigenvalue weighted by atomic mass is 35.5. The zero-order valence-corrected chi connectivity index (χ0v) is 15.3. The molecule has 0 spiro atoms. The van der Waals surface area contributed by atoms with Crippen molar-refractivity contribution >= 4 is 29.2 Å². The predicted octanol–water partition coefficient (Wildman–Crippen LogP) is 2.90. The molecular formula is C18H16ClFN6O2. The second-order valence-electron chi connectivity index (χ2n) is 5.68. The van der Waals surface area contributed by atoms with Crippen LogP contribution in [-0.4, -0.2) is 22.2 Å². The van der Waals surface area contributed by atoms with Crippen molar-refractivity contribution < 1.29 is 13.8 Å². The molecule has 0 aliphatic rings. The van der Waals surface area contributed by atoms with Gasteiger partial charge in [-0.1, -0.05) is 47.1 Å². The second-order valence-corrected chi connectivity index (χ2v) is 6.08. The van der Waals surface area contributed by atoms with Crippen LogP contribution in [-0.2, 0) is 13.1 Å². The lowest BCUT2D eigenvalue weighted by atomic mass is 10.2. The number of hydrogen-bond donors (Lipinski definition) is 3. The predicted molar refractivity (Wildman–Crippen MR) is 102 cm³/mol. The Labute approximate surface area is 164 Å². The molecule has 2 amide bonds. The SMILES string of the molecule is NC(=Nc1ccc(F)c(Cl)c1)c1nonc1CNC(=O)NCc1ccccc1. The summed E-state index contributed by atoms with van der Waals surface area (Å²) in [5.41, 5.74) is 7.70. The first kappa shape index (κ1) is 19.3. The zero-order chi connectivity index (χ0) is 19.9. The van der Waals surface area contributed by atoms with Gasteiger partial charge in [0.1, 0.15) is 11.5 Å². The van der Waals surface area contributed by atoms with Crippen molar-refractivity contribution in [2.75, 3.05) is 0 Å². The standard InChI is InChI=1S/C18H16ClFN6O2/c19-13-8-12(6-7-14(13)20)24-17(21)16-15(25-28-26-16)10-23-18(27)22-9-11-4-2-1-3-5-11/h1-8H,9-10H2,(H2,21,24)(H2,22,23,27). The fraction of sp³-hybridized carbons (Fsp3) is 0.111. The fourth-order valence-electron chi connectivity index (χ4n) is 2.27. The van der Waals surface area contributed by atoms with Gasteiger partial charge in [-0.05, 0) is 28.9 Å². The summed E-state index contributed by atoms with van der Waals surface area (Å²) in [7, 11) is 0. The van der Waals surface area contributed by atoms with Crippen molar-refractivity contribution in [1.29, 1.82) is 0 Å². The van der Waals surface area contributed by atoms with Gasteiger partial charge in [-0.25, -0.2) is 18.8 Å². The molecule has 3 aromatic rings. The number of benzene rings is 2. The van der Waals surface area contributed by atoms with Crippen LogP contribution in [0.4, 0.5) is 14.9 Å². The molecule has 0 fully saturated rings. The van der Waals surface area contributed by atoms with Crippen molar-refractivity contribution in [2.24, 2.45) is 10.7 Å². The van der Waals surface area contributed by atoms with Gasteiger partial charge in [0.2, 0.25) is 0 Å². The Balaban J connectivity index is 1.60. The van der Waals surface area contributed by atoms with Crippen LogP contribution in [0.1, 0.15) is 17.0 Å². The van der Waals surface area contributed by atoms with E-state index >= 15 is 0 Å². The molecule has 4 N–H and O–H groups in total. The lowest BCUT2D eigenvalue weighted by Gasteiger charge is -2.07. The summed E-state index contributed by atoms with van der Waals surface area (Å²) in [6, 6.07) is 13.0. The van der Waals surface area contributed by atoms with Crippen LogP contribution >= 0.6 is 11.6 Å². The highest BCUT2D eigenvalue weighted by Gasteiger charge is 2.15. The van der Waals surface area contributed by atoms with Crippen LogP contribution in [0.25, 0.3) is 0 Å². The number of urea groups is 1. The highest BCUT2D eigenvalue weighted by molar-refractivity contribution is 6.31. The molecule has 144 valence electrons. The normalized spacial score (nSPS) is 11.3. The molecule has 3 rings (SSSR count). The summed E-state index contributed by atoms with van der Waals surface area (Å²) in [5.74, 6) is -0.570. The quantitative estimate of drug-likeness (QED) is 0.432. The number of carbonyl (C=O) groups is 1. The Bertz CT molecular complexity index is 993. The zero-order valence-electron chi connectivity index (χ0n) is 14.5. The second kappa shape index (κ2) is 8.96. The van der Waals surface area contributed by atoms with E-state index in [1.165, 1.54) is 18.2 Å². The van der Waals surface area contributed by atoms with E-state index in [1.54, 1.807) is 0 Å². The number of nitrogens with zero attached hydrogens (tertiary/aromatic N) is 3. The summed E-state index contributed by atoms with van der Waals surface area (Å²) < 4.78 is 17.9. The summed E-state index contributed by atoms with van der Waals surface area (Å²) >= 11 is 5.73. The third kappa shape index (κ3) is 5.04. The number of carbonyl (C=O) groups excluding carboxylic acids is 1. The highest BCUT2D eigenvalue weighted by Crippen LogP contribution is 2.22. The van der Waals surface area contributed by atoms with Crippen molar-refractivity contribution in [1.82, 2.24) is 20.9 Å². The molecule has 2 aromatic carbocycles. The molecule has 0 saturated heterocycles. The number of hydrogen-bond acceptors (Lipinski definition) is 5. The van der Waals surface area contributed by atoms with Gasteiger partial charge in [0.05, 0.1) is 17.3 Å². The minimum atomic E-state index is -0.561. The van der Waals surface area contributed by atoms with E-state index < -0.39 is 11.8 Å². The molecule has 1 heterocycles. The van der Waals surface area contributed by atoms with Gasteiger partial charge in [-0.15, -0.1) is 0 Å². The van der Waals surface area contributed by atoms with E-state index in [2.05, 4.69) is 25.9 Å². The molecule has 1 aromatic heterocycles. The number of amides is 2. The van der Waals surface area contributed by atoms with E-state index in [1.807, 2.05) is 30.3 Å². The maximum absolute atomic E-state index is 13.2. The smallest absolute Gasteiger partial charge is 0.315 e. The first-order valence-corrected chi connectivity index (χ1v) is 8.57. The maximum atomic E-state index is 13.2. The van der Waals surface area contributed by atoms with Gasteiger partial charge in [0.15, 0.2) is 11.5 Å². The number of amidine groups is 1. The van der Waals surface area contributed by atoms with Gasteiger partial charge in [0, 0.05) is 6.54 Å². The average molecular weight is 403 g/mol. The Morgan fingerprint density at radius 2 is 1.89 bits per heavy atom. The van der Waals surface area contributed by atoms with Crippen molar-refractivity contribution in [3.8, 4) is 0 Å². The first-order valence-electron chi connectivity index (χ1n) is 8.19. The van der Waals surface area contributed by atoms with E-state index in [-0.39, 0.29) is 23.1 Å². The first-order chi connectivity index (χ1) is 13.5. The Hall–Kier alpha value is -3.46. The minimum absolute atomic E-state index is 0.00887. The van der Waals surface area contributed by atoms with Crippen molar-refractivity contribution in [3.05, 3.63) is 76.3 Å². The van der Waals surface area contributed by atoms with E-state index in [9.17, 15) is 9.18 Å². The van der Waals surface area contributed by atoms with Gasteiger partial charge in [-0.2, -0.15) is 0 Å². The van der Waals surface area contributed by atoms with Crippen LogP contribution in [0.2, 0.25) is 5.02 Å². The van der Waals surface area contributed by atoms with Crippen molar-refractivity contribution in [3.63, 3.8) is 0 Å². The lowest BCUT2D eigenvalue weighted by Crippen LogP contribution is -2.35. The van der Waals surface area contributed by atoms with E-state index in [0.717, 1.165) is 5.56 Å². The van der Waals surface area contributed by atoms with Gasteiger partial charge in [0.25, 0.3) is 0 Å². The molecule has 28 heavy (non-hydrogen) atoms. The van der Waals surface area contributed by atoms with Crippen LogP contribution < -0.4 is 16.4 Å². The largest absolute Gasteiger partial charge is 0.382 e. The fourth-order valence-corrected chi connectivity index (χ4v) is 2.44. The van der Waals surface area contributed by atoms with Crippen LogP contribution in [0.3, 0.4) is 0 Å². The molecule has 0 saturated carbocycles. The molecule has 0 bridgehead atoms. The molecule has 0 aliphatic heterocycles. The number of nitrogens with one attached hydrogen (secondary N) is 2.